The van der Waals surface area contributed by atoms with E-state index < -0.39 is 0 Å². The van der Waals surface area contributed by atoms with E-state index in [9.17, 15) is 15.3 Å². The highest BCUT2D eigenvalue weighted by molar-refractivity contribution is 5.85. The fourth-order valence-corrected chi connectivity index (χ4v) is 2.13. The first-order chi connectivity index (χ1) is 13.6. The van der Waals surface area contributed by atoms with Gasteiger partial charge in [0, 0.05) is 23.6 Å². The molecule has 0 heterocycles. The first-order valence-electron chi connectivity index (χ1n) is 8.60. The maximum Gasteiger partial charge on any atom is 0.141 e. The summed E-state index contributed by atoms with van der Waals surface area (Å²) in [4.78, 5) is 7.99. The second kappa shape index (κ2) is 11.2. The number of aromatic hydroxyl groups is 3. The summed E-state index contributed by atoms with van der Waals surface area (Å²) in [5.74, 6) is 0.495. The van der Waals surface area contributed by atoms with E-state index >= 15 is 0 Å². The lowest BCUT2D eigenvalue weighted by Gasteiger charge is -1.98. The van der Waals surface area contributed by atoms with Crippen LogP contribution in [-0.2, 0) is 0 Å². The van der Waals surface area contributed by atoms with Crippen molar-refractivity contribution in [1.29, 1.82) is 0 Å². The van der Waals surface area contributed by atoms with Gasteiger partial charge >= 0.3 is 0 Å². The van der Waals surface area contributed by atoms with Crippen molar-refractivity contribution >= 4 is 18.1 Å². The van der Waals surface area contributed by atoms with Crippen LogP contribution in [0.25, 0.3) is 0 Å². The minimum atomic E-state index is 0.0318. The molecule has 0 radical (unpaired) electrons. The van der Waals surface area contributed by atoms with E-state index in [1.54, 1.807) is 66.9 Å². The zero-order valence-corrected chi connectivity index (χ0v) is 15.2. The normalized spacial score (nSPS) is 10.8. The summed E-state index contributed by atoms with van der Waals surface area (Å²) in [5, 5.41) is 36.7. The van der Waals surface area contributed by atoms with Crippen LogP contribution in [0, 0.1) is 0 Å². The Morgan fingerprint density at radius 2 is 1.14 bits per heavy atom. The Kier molecular flexibility index (Phi) is 8.23. The Balaban J connectivity index is 0.000000209. The van der Waals surface area contributed by atoms with E-state index in [0.717, 1.165) is 0 Å². The number of aliphatic imine (C=N–C) groups is 2. The lowest BCUT2D eigenvalue weighted by Crippen LogP contribution is -1.89. The summed E-state index contributed by atoms with van der Waals surface area (Å²) in [7, 11) is 0. The third-order valence-corrected chi connectivity index (χ3v) is 3.56. The van der Waals surface area contributed by atoms with Crippen LogP contribution in [0.3, 0.4) is 0 Å². The highest BCUT2D eigenvalue weighted by atomic mass is 16.3. The summed E-state index contributed by atoms with van der Waals surface area (Å²) in [6, 6.07) is 20.6. The SMILES string of the molecule is OCCN=Cc1ccccc1O.Oc1ccccc1C=Nc1ccccc1O. The number of hydrogen-bond donors (Lipinski definition) is 4. The molecule has 0 bridgehead atoms. The van der Waals surface area contributed by atoms with E-state index in [1.807, 2.05) is 12.1 Å². The van der Waals surface area contributed by atoms with Gasteiger partial charge in [-0.25, -0.2) is 0 Å². The van der Waals surface area contributed by atoms with Gasteiger partial charge in [0.2, 0.25) is 0 Å². The minimum Gasteiger partial charge on any atom is -0.507 e. The molecule has 0 unspecified atom stereocenters. The molecule has 0 atom stereocenters. The molecular formula is C22H22N2O4. The first-order valence-corrected chi connectivity index (χ1v) is 8.60. The topological polar surface area (TPSA) is 106 Å². The van der Waals surface area contributed by atoms with Gasteiger partial charge in [0.15, 0.2) is 0 Å². The highest BCUT2D eigenvalue weighted by Crippen LogP contribution is 2.25. The van der Waals surface area contributed by atoms with Crippen LogP contribution >= 0.6 is 0 Å². The molecule has 144 valence electrons. The summed E-state index contributed by atoms with van der Waals surface area (Å²) < 4.78 is 0. The molecule has 0 aliphatic heterocycles. The Morgan fingerprint density at radius 3 is 1.68 bits per heavy atom. The number of nitrogens with zero attached hydrogens (tertiary/aromatic N) is 2. The smallest absolute Gasteiger partial charge is 0.141 e. The molecule has 0 amide bonds. The number of para-hydroxylation sites is 4. The lowest BCUT2D eigenvalue weighted by molar-refractivity contribution is 0.307. The molecule has 6 heteroatoms. The van der Waals surface area contributed by atoms with Crippen LogP contribution in [0.15, 0.2) is 82.8 Å². The zero-order chi connectivity index (χ0) is 20.2. The van der Waals surface area contributed by atoms with Crippen molar-refractivity contribution in [2.24, 2.45) is 9.98 Å². The van der Waals surface area contributed by atoms with E-state index in [-0.39, 0.29) is 23.9 Å². The molecule has 0 saturated heterocycles. The Morgan fingerprint density at radius 1 is 0.643 bits per heavy atom. The quantitative estimate of drug-likeness (QED) is 0.509. The largest absolute Gasteiger partial charge is 0.507 e. The van der Waals surface area contributed by atoms with Crippen molar-refractivity contribution in [2.45, 2.75) is 0 Å². The monoisotopic (exact) mass is 378 g/mol. The molecule has 4 N–H and O–H groups in total. The zero-order valence-electron chi connectivity index (χ0n) is 15.2. The summed E-state index contributed by atoms with van der Waals surface area (Å²) in [6.07, 6.45) is 3.07. The average molecular weight is 378 g/mol. The number of benzene rings is 3. The Bertz CT molecular complexity index is 892. The molecule has 28 heavy (non-hydrogen) atoms. The van der Waals surface area contributed by atoms with Crippen LogP contribution in [0.2, 0.25) is 0 Å². The van der Waals surface area contributed by atoms with Gasteiger partial charge in [0.05, 0.1) is 13.2 Å². The Labute approximate surface area is 163 Å². The maximum atomic E-state index is 9.50. The van der Waals surface area contributed by atoms with Crippen LogP contribution < -0.4 is 0 Å². The van der Waals surface area contributed by atoms with Gasteiger partial charge in [-0.2, -0.15) is 0 Å². The number of aliphatic hydroxyl groups excluding tert-OH is 1. The lowest BCUT2D eigenvalue weighted by atomic mass is 10.2. The summed E-state index contributed by atoms with van der Waals surface area (Å²) in [6.45, 7) is 0.401. The van der Waals surface area contributed by atoms with Crippen LogP contribution in [-0.4, -0.2) is 46.0 Å². The van der Waals surface area contributed by atoms with Crippen LogP contribution in [0.5, 0.6) is 17.2 Å². The molecule has 0 aliphatic rings. The number of phenolic OH excluding ortho intramolecular Hbond substituents is 3. The second-order valence-corrected chi connectivity index (χ2v) is 5.62. The third kappa shape index (κ3) is 6.59. The maximum absolute atomic E-state index is 9.50. The van der Waals surface area contributed by atoms with Crippen LogP contribution in [0.4, 0.5) is 5.69 Å². The standard InChI is InChI=1S/C13H11NO2.C9H11NO2/c15-12-7-3-1-5-10(12)9-14-11-6-2-4-8-13(11)16;11-6-5-10-7-8-3-1-2-4-9(8)12/h1-9,15-16H;1-4,7,11-12H,5-6H2. The van der Waals surface area contributed by atoms with Crippen molar-refractivity contribution in [3.63, 3.8) is 0 Å². The summed E-state index contributed by atoms with van der Waals surface area (Å²) >= 11 is 0. The number of hydrogen-bond acceptors (Lipinski definition) is 6. The van der Waals surface area contributed by atoms with Crippen molar-refractivity contribution < 1.29 is 20.4 Å². The molecule has 0 aliphatic carbocycles. The van der Waals surface area contributed by atoms with Crippen molar-refractivity contribution in [1.82, 2.24) is 0 Å². The van der Waals surface area contributed by atoms with Crippen molar-refractivity contribution in [3.05, 3.63) is 83.9 Å². The third-order valence-electron chi connectivity index (χ3n) is 3.56. The predicted molar refractivity (Wildman–Crippen MR) is 111 cm³/mol. The van der Waals surface area contributed by atoms with Crippen molar-refractivity contribution in [3.8, 4) is 17.2 Å². The molecule has 0 spiro atoms. The molecule has 0 fully saturated rings. The van der Waals surface area contributed by atoms with Gasteiger partial charge in [0.25, 0.3) is 0 Å². The number of aliphatic hydroxyl groups is 1. The Hall–Kier alpha value is -3.64. The van der Waals surface area contributed by atoms with Crippen LogP contribution in [0.1, 0.15) is 11.1 Å². The fraction of sp³-hybridized carbons (Fsp3) is 0.0909. The molecule has 6 nitrogen and oxygen atoms in total. The number of rotatable bonds is 5. The van der Waals surface area contributed by atoms with Gasteiger partial charge in [-0.15, -0.1) is 0 Å². The molecule has 3 rings (SSSR count). The van der Waals surface area contributed by atoms with Gasteiger partial charge in [-0.05, 0) is 36.4 Å². The average Bonchev–Trinajstić information content (AvgIpc) is 2.71. The van der Waals surface area contributed by atoms with E-state index in [0.29, 0.717) is 23.4 Å². The number of phenols is 3. The molecule has 3 aromatic carbocycles. The van der Waals surface area contributed by atoms with Crippen molar-refractivity contribution in [2.75, 3.05) is 13.2 Å². The van der Waals surface area contributed by atoms with Gasteiger partial charge in [0.1, 0.15) is 22.9 Å². The molecular weight excluding hydrogens is 356 g/mol. The first kappa shape index (κ1) is 20.7. The van der Waals surface area contributed by atoms with E-state index in [4.69, 9.17) is 5.11 Å². The van der Waals surface area contributed by atoms with E-state index in [1.165, 1.54) is 6.21 Å². The van der Waals surface area contributed by atoms with E-state index in [2.05, 4.69) is 9.98 Å². The highest BCUT2D eigenvalue weighted by Gasteiger charge is 1.98. The fourth-order valence-electron chi connectivity index (χ4n) is 2.13. The van der Waals surface area contributed by atoms with Gasteiger partial charge < -0.3 is 20.4 Å². The van der Waals surface area contributed by atoms with Gasteiger partial charge in [-0.3, -0.25) is 9.98 Å². The summed E-state index contributed by atoms with van der Waals surface area (Å²) in [5.41, 5.74) is 1.77. The van der Waals surface area contributed by atoms with Gasteiger partial charge in [-0.1, -0.05) is 36.4 Å². The second-order valence-electron chi connectivity index (χ2n) is 5.62. The predicted octanol–water partition coefficient (Wildman–Crippen LogP) is 3.65. The molecule has 3 aromatic rings. The minimum absolute atomic E-state index is 0.0318. The molecule has 0 aromatic heterocycles. The molecule has 0 saturated carbocycles.